The van der Waals surface area contributed by atoms with Crippen molar-refractivity contribution in [2.45, 2.75) is 77.2 Å². The van der Waals surface area contributed by atoms with E-state index >= 15 is 0 Å². The molecule has 0 atom stereocenters. The summed E-state index contributed by atoms with van der Waals surface area (Å²) in [6.07, 6.45) is 9.84. The van der Waals surface area contributed by atoms with Gasteiger partial charge in [0.15, 0.2) is 0 Å². The first-order chi connectivity index (χ1) is 12.2. The van der Waals surface area contributed by atoms with Gasteiger partial charge < -0.3 is 16.0 Å². The van der Waals surface area contributed by atoms with E-state index in [1.165, 1.54) is 30.6 Å². The fourth-order valence-electron chi connectivity index (χ4n) is 2.85. The largest absolute Gasteiger partial charge is 0.338 e. The Hall–Kier alpha value is -1.70. The molecule has 0 saturated heterocycles. The molecule has 1 heterocycles. The van der Waals surface area contributed by atoms with Crippen LogP contribution in [0.5, 0.6) is 0 Å². The molecule has 8 heteroatoms. The average molecular weight is 368 g/mol. The molecule has 0 aliphatic heterocycles. The van der Waals surface area contributed by atoms with Gasteiger partial charge in [-0.2, -0.15) is 0 Å². The summed E-state index contributed by atoms with van der Waals surface area (Å²) in [5.74, 6) is -0.0901. The van der Waals surface area contributed by atoms with Crippen molar-refractivity contribution in [2.24, 2.45) is 0 Å². The molecule has 1 saturated carbocycles. The number of rotatable bonds is 9. The SMILES string of the molecule is CCCCc1nnc(NC(=O)CCCNC(=O)NC2CCCCC2)s1. The van der Waals surface area contributed by atoms with Gasteiger partial charge in [-0.3, -0.25) is 4.79 Å². The van der Waals surface area contributed by atoms with E-state index in [0.29, 0.717) is 30.6 Å². The Balaban J connectivity index is 1.55. The number of amides is 3. The summed E-state index contributed by atoms with van der Waals surface area (Å²) in [6, 6.07) is 0.174. The molecule has 0 bridgehead atoms. The Bertz CT molecular complexity index is 543. The Morgan fingerprint density at radius 1 is 1.16 bits per heavy atom. The molecule has 3 amide bonds. The number of aromatic nitrogens is 2. The van der Waals surface area contributed by atoms with Gasteiger partial charge in [0, 0.05) is 25.4 Å². The van der Waals surface area contributed by atoms with Crippen LogP contribution in [0.25, 0.3) is 0 Å². The zero-order valence-corrected chi connectivity index (χ0v) is 15.8. The fourth-order valence-corrected chi connectivity index (χ4v) is 3.65. The summed E-state index contributed by atoms with van der Waals surface area (Å²) in [7, 11) is 0. The molecule has 1 aromatic rings. The summed E-state index contributed by atoms with van der Waals surface area (Å²) in [4.78, 5) is 23.7. The predicted molar refractivity (Wildman–Crippen MR) is 99.8 cm³/mol. The van der Waals surface area contributed by atoms with Gasteiger partial charge in [0.2, 0.25) is 11.0 Å². The van der Waals surface area contributed by atoms with Crippen molar-refractivity contribution in [1.29, 1.82) is 0 Å². The summed E-state index contributed by atoms with van der Waals surface area (Å²) in [6.45, 7) is 2.62. The lowest BCUT2D eigenvalue weighted by Crippen LogP contribution is -2.43. The standard InChI is InChI=1S/C17H29N5O2S/c1-2-3-11-15-21-22-17(25-15)20-14(23)10-7-12-18-16(24)19-13-8-5-4-6-9-13/h13H,2-12H2,1H3,(H2,18,19,24)(H,20,22,23). The molecule has 7 nitrogen and oxygen atoms in total. The maximum absolute atomic E-state index is 11.9. The monoisotopic (exact) mass is 367 g/mol. The van der Waals surface area contributed by atoms with Crippen LogP contribution in [0.2, 0.25) is 0 Å². The van der Waals surface area contributed by atoms with Crippen molar-refractivity contribution in [3.8, 4) is 0 Å². The van der Waals surface area contributed by atoms with Crippen molar-refractivity contribution >= 4 is 28.4 Å². The Kier molecular flexibility index (Phi) is 8.65. The van der Waals surface area contributed by atoms with Crippen LogP contribution in [0.15, 0.2) is 0 Å². The van der Waals surface area contributed by atoms with Gasteiger partial charge in [-0.05, 0) is 25.7 Å². The minimum absolute atomic E-state index is 0.0901. The third-order valence-electron chi connectivity index (χ3n) is 4.26. The summed E-state index contributed by atoms with van der Waals surface area (Å²) in [5.41, 5.74) is 0. The van der Waals surface area contributed by atoms with Gasteiger partial charge in [-0.15, -0.1) is 10.2 Å². The molecule has 1 aliphatic carbocycles. The molecule has 0 radical (unpaired) electrons. The highest BCUT2D eigenvalue weighted by Crippen LogP contribution is 2.18. The minimum Gasteiger partial charge on any atom is -0.338 e. The zero-order chi connectivity index (χ0) is 17.9. The summed E-state index contributed by atoms with van der Waals surface area (Å²) >= 11 is 1.43. The van der Waals surface area contributed by atoms with Crippen molar-refractivity contribution in [2.75, 3.05) is 11.9 Å². The molecule has 3 N–H and O–H groups in total. The van der Waals surface area contributed by atoms with E-state index in [2.05, 4.69) is 33.1 Å². The fraction of sp³-hybridized carbons (Fsp3) is 0.765. The molecule has 0 unspecified atom stereocenters. The van der Waals surface area contributed by atoms with Gasteiger partial charge >= 0.3 is 6.03 Å². The molecule has 2 rings (SSSR count). The molecule has 1 fully saturated rings. The van der Waals surface area contributed by atoms with Crippen molar-refractivity contribution in [1.82, 2.24) is 20.8 Å². The highest BCUT2D eigenvalue weighted by molar-refractivity contribution is 7.15. The number of carbonyl (C=O) groups excluding carboxylic acids is 2. The maximum atomic E-state index is 11.9. The molecule has 0 aromatic carbocycles. The van der Waals surface area contributed by atoms with E-state index in [0.717, 1.165) is 37.1 Å². The summed E-state index contributed by atoms with van der Waals surface area (Å²) in [5, 5.41) is 18.2. The van der Waals surface area contributed by atoms with Gasteiger partial charge in [-0.25, -0.2) is 4.79 Å². The van der Waals surface area contributed by atoms with Crippen LogP contribution >= 0.6 is 11.3 Å². The second-order valence-corrected chi connectivity index (χ2v) is 7.55. The molecule has 25 heavy (non-hydrogen) atoms. The molecule has 140 valence electrons. The van der Waals surface area contributed by atoms with Crippen LogP contribution in [-0.4, -0.2) is 34.7 Å². The maximum Gasteiger partial charge on any atom is 0.315 e. The molecule has 1 aliphatic rings. The van der Waals surface area contributed by atoms with Crippen LogP contribution < -0.4 is 16.0 Å². The van der Waals surface area contributed by atoms with Gasteiger partial charge in [-0.1, -0.05) is 43.9 Å². The highest BCUT2D eigenvalue weighted by Gasteiger charge is 2.15. The smallest absolute Gasteiger partial charge is 0.315 e. The predicted octanol–water partition coefficient (Wildman–Crippen LogP) is 3.23. The van der Waals surface area contributed by atoms with Crippen molar-refractivity contribution in [3.05, 3.63) is 5.01 Å². The van der Waals surface area contributed by atoms with E-state index in [-0.39, 0.29) is 11.9 Å². The normalized spacial score (nSPS) is 14.9. The Morgan fingerprint density at radius 3 is 2.72 bits per heavy atom. The van der Waals surface area contributed by atoms with E-state index in [1.54, 1.807) is 0 Å². The molecule has 1 aromatic heterocycles. The summed E-state index contributed by atoms with van der Waals surface area (Å²) < 4.78 is 0. The van der Waals surface area contributed by atoms with Crippen molar-refractivity contribution < 1.29 is 9.59 Å². The van der Waals surface area contributed by atoms with E-state index in [4.69, 9.17) is 0 Å². The molecular weight excluding hydrogens is 338 g/mol. The number of unbranched alkanes of at least 4 members (excludes halogenated alkanes) is 1. The van der Waals surface area contributed by atoms with E-state index in [9.17, 15) is 9.59 Å². The van der Waals surface area contributed by atoms with Crippen LogP contribution in [0, 0.1) is 0 Å². The number of carbonyl (C=O) groups is 2. The number of urea groups is 1. The first kappa shape index (κ1) is 19.6. The van der Waals surface area contributed by atoms with Crippen molar-refractivity contribution in [3.63, 3.8) is 0 Å². The Labute approximate surface area is 153 Å². The lowest BCUT2D eigenvalue weighted by atomic mass is 9.96. The van der Waals surface area contributed by atoms with Gasteiger partial charge in [0.1, 0.15) is 5.01 Å². The molecular formula is C17H29N5O2S. The first-order valence-electron chi connectivity index (χ1n) is 9.34. The highest BCUT2D eigenvalue weighted by atomic mass is 32.1. The average Bonchev–Trinajstić information content (AvgIpc) is 3.05. The van der Waals surface area contributed by atoms with E-state index < -0.39 is 0 Å². The van der Waals surface area contributed by atoms with Crippen LogP contribution in [0.1, 0.15) is 69.7 Å². The minimum atomic E-state index is -0.128. The number of nitrogens with one attached hydrogen (secondary N) is 3. The van der Waals surface area contributed by atoms with Crippen LogP contribution in [-0.2, 0) is 11.2 Å². The number of nitrogens with zero attached hydrogens (tertiary/aromatic N) is 2. The number of hydrogen-bond acceptors (Lipinski definition) is 5. The number of aryl methyl sites for hydroxylation is 1. The Morgan fingerprint density at radius 2 is 1.96 bits per heavy atom. The third kappa shape index (κ3) is 7.81. The first-order valence-corrected chi connectivity index (χ1v) is 10.2. The zero-order valence-electron chi connectivity index (χ0n) is 15.0. The van der Waals surface area contributed by atoms with Gasteiger partial charge in [0.25, 0.3) is 0 Å². The lowest BCUT2D eigenvalue weighted by Gasteiger charge is -2.22. The molecule has 0 spiro atoms. The lowest BCUT2D eigenvalue weighted by molar-refractivity contribution is -0.116. The number of hydrogen-bond donors (Lipinski definition) is 3. The van der Waals surface area contributed by atoms with Crippen LogP contribution in [0.3, 0.4) is 0 Å². The van der Waals surface area contributed by atoms with Crippen LogP contribution in [0.4, 0.5) is 9.93 Å². The third-order valence-corrected chi connectivity index (χ3v) is 5.16. The van der Waals surface area contributed by atoms with E-state index in [1.807, 2.05) is 0 Å². The number of anilines is 1. The quantitative estimate of drug-likeness (QED) is 0.584. The van der Waals surface area contributed by atoms with Gasteiger partial charge in [0.05, 0.1) is 0 Å². The topological polar surface area (TPSA) is 96.0 Å². The second kappa shape index (κ2) is 11.0. The second-order valence-electron chi connectivity index (χ2n) is 6.49.